The molecule has 82 valence electrons. The van der Waals surface area contributed by atoms with Crippen LogP contribution >= 0.6 is 0 Å². The molecular formula is C8H13N5O2. The maximum atomic E-state index is 11.7. The van der Waals surface area contributed by atoms with Gasteiger partial charge in [0.2, 0.25) is 0 Å². The van der Waals surface area contributed by atoms with E-state index in [-0.39, 0.29) is 12.5 Å². The molecule has 2 rings (SSSR count). The van der Waals surface area contributed by atoms with E-state index < -0.39 is 0 Å². The quantitative estimate of drug-likeness (QED) is 0.666. The van der Waals surface area contributed by atoms with Crippen molar-refractivity contribution in [2.24, 2.45) is 0 Å². The first-order valence-corrected chi connectivity index (χ1v) is 5.00. The Morgan fingerprint density at radius 1 is 1.40 bits per heavy atom. The monoisotopic (exact) mass is 211 g/mol. The van der Waals surface area contributed by atoms with Crippen LogP contribution in [0.5, 0.6) is 0 Å². The van der Waals surface area contributed by atoms with Gasteiger partial charge in [-0.3, -0.25) is 9.63 Å². The Labute approximate surface area is 87.0 Å². The molecule has 1 aromatic heterocycles. The lowest BCUT2D eigenvalue weighted by Gasteiger charge is -2.18. The van der Waals surface area contributed by atoms with Crippen LogP contribution < -0.4 is 0 Å². The minimum Gasteiger partial charge on any atom is -0.271 e. The molecule has 1 aromatic rings. The van der Waals surface area contributed by atoms with Gasteiger partial charge >= 0.3 is 0 Å². The zero-order valence-electron chi connectivity index (χ0n) is 8.37. The summed E-state index contributed by atoms with van der Waals surface area (Å²) in [6, 6.07) is 0. The molecule has 0 spiro atoms. The molecule has 0 aliphatic carbocycles. The number of hydrogen-bond donors (Lipinski definition) is 0. The number of aromatic nitrogens is 4. The van der Waals surface area contributed by atoms with Gasteiger partial charge in [-0.05, 0) is 29.7 Å². The highest BCUT2D eigenvalue weighted by atomic mass is 16.7. The van der Waals surface area contributed by atoms with Gasteiger partial charge < -0.3 is 0 Å². The Hall–Kier alpha value is -1.50. The SMILES string of the molecule is O=C(Cn1cnnn1)N1CCCCCO1. The molecule has 1 fully saturated rings. The Bertz CT molecular complexity index is 305. The molecule has 15 heavy (non-hydrogen) atoms. The number of amides is 1. The van der Waals surface area contributed by atoms with Crippen molar-refractivity contribution in [1.29, 1.82) is 0 Å². The highest BCUT2D eigenvalue weighted by Crippen LogP contribution is 2.07. The third-order valence-corrected chi connectivity index (χ3v) is 2.22. The molecule has 0 unspecified atom stereocenters. The van der Waals surface area contributed by atoms with Crippen LogP contribution in [-0.2, 0) is 16.2 Å². The number of tetrazole rings is 1. The minimum atomic E-state index is -0.107. The Morgan fingerprint density at radius 3 is 3.13 bits per heavy atom. The second-order valence-corrected chi connectivity index (χ2v) is 3.40. The van der Waals surface area contributed by atoms with Crippen LogP contribution in [-0.4, -0.2) is 44.3 Å². The Balaban J connectivity index is 1.89. The number of hydrogen-bond acceptors (Lipinski definition) is 5. The van der Waals surface area contributed by atoms with Crippen LogP contribution in [0.2, 0.25) is 0 Å². The average molecular weight is 211 g/mol. The van der Waals surface area contributed by atoms with Crippen LogP contribution in [0.15, 0.2) is 6.33 Å². The summed E-state index contributed by atoms with van der Waals surface area (Å²) in [4.78, 5) is 17.0. The normalized spacial score (nSPS) is 17.5. The van der Waals surface area contributed by atoms with Crippen molar-refractivity contribution >= 4 is 5.91 Å². The summed E-state index contributed by atoms with van der Waals surface area (Å²) in [5.41, 5.74) is 0. The molecule has 7 heteroatoms. The molecule has 0 saturated carbocycles. The van der Waals surface area contributed by atoms with E-state index in [9.17, 15) is 4.79 Å². The summed E-state index contributed by atoms with van der Waals surface area (Å²) < 4.78 is 1.39. The zero-order valence-corrected chi connectivity index (χ0v) is 8.37. The van der Waals surface area contributed by atoms with Crippen molar-refractivity contribution in [1.82, 2.24) is 25.3 Å². The van der Waals surface area contributed by atoms with Crippen molar-refractivity contribution in [2.45, 2.75) is 25.8 Å². The molecule has 0 atom stereocenters. The number of rotatable bonds is 2. The molecule has 2 heterocycles. The number of carbonyl (C=O) groups is 1. The van der Waals surface area contributed by atoms with E-state index in [1.165, 1.54) is 16.1 Å². The second kappa shape index (κ2) is 4.83. The number of carbonyl (C=O) groups excluding carboxylic acids is 1. The lowest BCUT2D eigenvalue weighted by molar-refractivity contribution is -0.184. The molecule has 0 aromatic carbocycles. The zero-order chi connectivity index (χ0) is 10.5. The topological polar surface area (TPSA) is 73.1 Å². The predicted molar refractivity (Wildman–Crippen MR) is 49.3 cm³/mol. The van der Waals surface area contributed by atoms with Gasteiger partial charge in [0.1, 0.15) is 12.9 Å². The maximum Gasteiger partial charge on any atom is 0.267 e. The van der Waals surface area contributed by atoms with Crippen molar-refractivity contribution in [3.05, 3.63) is 6.33 Å². The van der Waals surface area contributed by atoms with E-state index in [0.29, 0.717) is 13.2 Å². The molecule has 1 aliphatic heterocycles. The van der Waals surface area contributed by atoms with Gasteiger partial charge in [0.05, 0.1) is 6.61 Å². The van der Waals surface area contributed by atoms with E-state index in [4.69, 9.17) is 4.84 Å². The van der Waals surface area contributed by atoms with E-state index in [1.807, 2.05) is 0 Å². The fourth-order valence-corrected chi connectivity index (χ4v) is 1.44. The summed E-state index contributed by atoms with van der Waals surface area (Å²) in [7, 11) is 0. The second-order valence-electron chi connectivity index (χ2n) is 3.40. The van der Waals surface area contributed by atoms with Crippen molar-refractivity contribution in [3.8, 4) is 0 Å². The molecular weight excluding hydrogens is 198 g/mol. The fourth-order valence-electron chi connectivity index (χ4n) is 1.44. The molecule has 0 radical (unpaired) electrons. The lowest BCUT2D eigenvalue weighted by atomic mass is 10.2. The van der Waals surface area contributed by atoms with Crippen molar-refractivity contribution < 1.29 is 9.63 Å². The Morgan fingerprint density at radius 2 is 2.33 bits per heavy atom. The summed E-state index contributed by atoms with van der Waals surface area (Å²) in [6.45, 7) is 1.40. The van der Waals surface area contributed by atoms with Crippen LogP contribution in [0.1, 0.15) is 19.3 Å². The highest BCUT2D eigenvalue weighted by Gasteiger charge is 2.17. The van der Waals surface area contributed by atoms with Crippen molar-refractivity contribution in [3.63, 3.8) is 0 Å². The van der Waals surface area contributed by atoms with Gasteiger partial charge in [-0.2, -0.15) is 0 Å². The van der Waals surface area contributed by atoms with E-state index >= 15 is 0 Å². The molecule has 7 nitrogen and oxygen atoms in total. The van der Waals surface area contributed by atoms with E-state index in [2.05, 4.69) is 15.5 Å². The summed E-state index contributed by atoms with van der Waals surface area (Å²) >= 11 is 0. The van der Waals surface area contributed by atoms with Gasteiger partial charge in [-0.1, -0.05) is 0 Å². The van der Waals surface area contributed by atoms with Gasteiger partial charge in [-0.25, -0.2) is 9.75 Å². The smallest absolute Gasteiger partial charge is 0.267 e. The highest BCUT2D eigenvalue weighted by molar-refractivity contribution is 5.74. The predicted octanol–water partition coefficient (Wildman–Crippen LogP) is -0.383. The third-order valence-electron chi connectivity index (χ3n) is 2.22. The molecule has 0 N–H and O–H groups in total. The molecule has 1 amide bonds. The first kappa shape index (κ1) is 10.0. The van der Waals surface area contributed by atoms with Crippen molar-refractivity contribution in [2.75, 3.05) is 13.2 Å². The summed E-state index contributed by atoms with van der Waals surface area (Å²) in [6.07, 6.45) is 4.51. The van der Waals surface area contributed by atoms with Gasteiger partial charge in [0.15, 0.2) is 0 Å². The van der Waals surface area contributed by atoms with E-state index in [0.717, 1.165) is 19.3 Å². The van der Waals surface area contributed by atoms with Crippen LogP contribution in [0.3, 0.4) is 0 Å². The number of nitrogens with zero attached hydrogens (tertiary/aromatic N) is 5. The van der Waals surface area contributed by atoms with Gasteiger partial charge in [0.25, 0.3) is 5.91 Å². The largest absolute Gasteiger partial charge is 0.271 e. The number of hydroxylamine groups is 2. The lowest BCUT2D eigenvalue weighted by Crippen LogP contribution is -2.34. The first-order valence-electron chi connectivity index (χ1n) is 5.00. The van der Waals surface area contributed by atoms with Crippen LogP contribution in [0.4, 0.5) is 0 Å². The fraction of sp³-hybridized carbons (Fsp3) is 0.750. The van der Waals surface area contributed by atoms with E-state index in [1.54, 1.807) is 0 Å². The molecule has 1 saturated heterocycles. The standard InChI is InChI=1S/C8H13N5O2/c14-8(6-12-7-9-10-11-12)13-4-2-1-3-5-15-13/h7H,1-6H2. The maximum absolute atomic E-state index is 11.7. The molecule has 0 bridgehead atoms. The summed E-state index contributed by atoms with van der Waals surface area (Å²) in [5.74, 6) is -0.107. The Kier molecular flexibility index (Phi) is 3.23. The molecule has 1 aliphatic rings. The third kappa shape index (κ3) is 2.72. The minimum absolute atomic E-state index is 0.107. The van der Waals surface area contributed by atoms with Crippen LogP contribution in [0.25, 0.3) is 0 Å². The average Bonchev–Trinajstić information content (AvgIpc) is 2.58. The first-order chi connectivity index (χ1) is 7.36. The van der Waals surface area contributed by atoms with Gasteiger partial charge in [-0.15, -0.1) is 5.10 Å². The summed E-state index contributed by atoms with van der Waals surface area (Å²) in [5, 5.41) is 12.0. The van der Waals surface area contributed by atoms with Gasteiger partial charge in [0, 0.05) is 6.54 Å². The van der Waals surface area contributed by atoms with Crippen LogP contribution in [0, 0.1) is 0 Å².